The maximum atomic E-state index is 11.9. The fraction of sp³-hybridized carbons (Fsp3) is 0.600. The van der Waals surface area contributed by atoms with Gasteiger partial charge < -0.3 is 39.6 Å². The Labute approximate surface area is 170 Å². The van der Waals surface area contributed by atoms with Gasteiger partial charge in [0.1, 0.15) is 18.3 Å². The van der Waals surface area contributed by atoms with E-state index in [9.17, 15) is 38.4 Å². The van der Waals surface area contributed by atoms with Gasteiger partial charge in [-0.25, -0.2) is 18.5 Å². The van der Waals surface area contributed by atoms with E-state index in [1.165, 1.54) is 0 Å². The lowest BCUT2D eigenvalue weighted by atomic mass is 10.1. The summed E-state index contributed by atoms with van der Waals surface area (Å²) in [5.74, 6) is 0. The molecule has 1 aliphatic rings. The highest BCUT2D eigenvalue weighted by Gasteiger charge is 2.46. The zero-order chi connectivity index (χ0) is 23.8. The molecule has 1 fully saturated rings. The summed E-state index contributed by atoms with van der Waals surface area (Å²) in [4.78, 5) is 60.6. The number of hydrogen-bond donors (Lipinski definition) is 8. The summed E-state index contributed by atoms with van der Waals surface area (Å²) in [6, 6.07) is 0. The molecule has 8 N–H and O–H groups in total. The molecule has 0 saturated carbocycles. The van der Waals surface area contributed by atoms with Crippen molar-refractivity contribution in [2.45, 2.75) is 31.1 Å². The molecule has 0 spiro atoms. The van der Waals surface area contributed by atoms with E-state index in [0.717, 1.165) is 6.20 Å². The molecule has 0 amide bonds. The molecule has 3 unspecified atom stereocenters. The third-order valence-corrected chi connectivity index (χ3v) is 7.44. The molecule has 31 heavy (non-hydrogen) atoms. The summed E-state index contributed by atoms with van der Waals surface area (Å²) in [5.41, 5.74) is -2.30. The van der Waals surface area contributed by atoms with Gasteiger partial charge in [0.05, 0.1) is 18.8 Å². The topological polar surface area (TPSA) is 285 Å². The molecule has 1 saturated heterocycles. The van der Waals surface area contributed by atoms with Crippen LogP contribution in [0.1, 0.15) is 11.8 Å². The number of ether oxygens (including phenoxy) is 1. The highest BCUT2D eigenvalue weighted by molar-refractivity contribution is 7.66. The van der Waals surface area contributed by atoms with Crippen LogP contribution in [0.3, 0.4) is 0 Å². The van der Waals surface area contributed by atoms with E-state index in [1.54, 1.807) is 0 Å². The molecule has 178 valence electrons. The van der Waals surface area contributed by atoms with Crippen molar-refractivity contribution in [1.82, 2.24) is 9.55 Å². The van der Waals surface area contributed by atoms with Crippen molar-refractivity contribution < 1.29 is 66.5 Å². The predicted octanol–water partition coefficient (Wildman–Crippen LogP) is -3.01. The monoisotopic (exact) mass is 514 g/mol. The first-order valence-electron chi connectivity index (χ1n) is 7.80. The molecule has 0 aliphatic carbocycles. The van der Waals surface area contributed by atoms with Gasteiger partial charge in [-0.15, -0.1) is 0 Å². The van der Waals surface area contributed by atoms with Gasteiger partial charge in [-0.05, 0) is 0 Å². The Kier molecular flexibility index (Phi) is 7.96. The smallest absolute Gasteiger partial charge is 0.391 e. The van der Waals surface area contributed by atoms with Crippen molar-refractivity contribution >= 4 is 23.5 Å². The number of aromatic nitrogens is 2. The largest absolute Gasteiger partial charge is 0.490 e. The average molecular weight is 514 g/mol. The van der Waals surface area contributed by atoms with E-state index in [1.807, 2.05) is 4.98 Å². The number of phosphoric ester groups is 1. The maximum Gasteiger partial charge on any atom is 0.490 e. The standard InChI is InChI=1S/C10H17N2O16P3/c13-2-4-1-12(10(17)11-8(4)16)9-7(15)6(14)5(26-9)3-25-30(21,22)28-31(23,24)27-29(18,19)20/h1,5-7,9,13-15H,2-3H2,(H,21,22)(H,23,24)(H,11,16,17)(H2,18,19,20)/t5-,6+,7?,9-/m1/s1. The molecule has 1 aromatic rings. The first-order chi connectivity index (χ1) is 14.1. The van der Waals surface area contributed by atoms with Crippen molar-refractivity contribution in [3.63, 3.8) is 0 Å². The van der Waals surface area contributed by atoms with Crippen LogP contribution in [-0.4, -0.2) is 69.4 Å². The summed E-state index contributed by atoms with van der Waals surface area (Å²) in [5, 5.41) is 29.2. The summed E-state index contributed by atoms with van der Waals surface area (Å²) in [6.45, 7) is -1.88. The first kappa shape index (κ1) is 26.2. The van der Waals surface area contributed by atoms with Crippen molar-refractivity contribution in [2.75, 3.05) is 6.61 Å². The van der Waals surface area contributed by atoms with Crippen LogP contribution in [0.2, 0.25) is 0 Å². The Morgan fingerprint density at radius 1 is 1.03 bits per heavy atom. The van der Waals surface area contributed by atoms with Crippen LogP contribution < -0.4 is 11.2 Å². The van der Waals surface area contributed by atoms with E-state index < -0.39 is 72.5 Å². The first-order valence-corrected chi connectivity index (χ1v) is 12.3. The van der Waals surface area contributed by atoms with Crippen molar-refractivity contribution in [1.29, 1.82) is 0 Å². The lowest BCUT2D eigenvalue weighted by molar-refractivity contribution is -0.0544. The lowest BCUT2D eigenvalue weighted by Gasteiger charge is -2.19. The highest BCUT2D eigenvalue weighted by Crippen LogP contribution is 2.66. The Balaban J connectivity index is 2.12. The van der Waals surface area contributed by atoms with Crippen LogP contribution in [0.4, 0.5) is 0 Å². The van der Waals surface area contributed by atoms with Crippen LogP contribution in [0.15, 0.2) is 15.8 Å². The van der Waals surface area contributed by atoms with E-state index in [2.05, 4.69) is 13.1 Å². The van der Waals surface area contributed by atoms with Gasteiger partial charge in [0.2, 0.25) is 0 Å². The Bertz CT molecular complexity index is 1060. The summed E-state index contributed by atoms with van der Waals surface area (Å²) < 4.78 is 50.6. The molecule has 1 aliphatic heterocycles. The molecule has 21 heteroatoms. The number of hydrogen-bond acceptors (Lipinski definition) is 12. The van der Waals surface area contributed by atoms with Crippen LogP contribution in [0.25, 0.3) is 0 Å². The predicted molar refractivity (Wildman–Crippen MR) is 93.0 cm³/mol. The molecule has 0 aromatic carbocycles. The Morgan fingerprint density at radius 2 is 1.65 bits per heavy atom. The number of nitrogens with one attached hydrogen (secondary N) is 1. The zero-order valence-corrected chi connectivity index (χ0v) is 17.6. The molecule has 18 nitrogen and oxygen atoms in total. The average Bonchev–Trinajstić information content (AvgIpc) is 2.85. The summed E-state index contributed by atoms with van der Waals surface area (Å²) >= 11 is 0. The molecule has 2 rings (SSSR count). The summed E-state index contributed by atoms with van der Waals surface area (Å²) in [6.07, 6.45) is -6.15. The lowest BCUT2D eigenvalue weighted by Crippen LogP contribution is -2.39. The van der Waals surface area contributed by atoms with Gasteiger partial charge in [0.15, 0.2) is 6.23 Å². The number of aliphatic hydroxyl groups excluding tert-OH is 3. The fourth-order valence-corrected chi connectivity index (χ4v) is 5.43. The molecular formula is C10H17N2O16P3. The minimum Gasteiger partial charge on any atom is -0.391 e. The number of phosphoric acid groups is 3. The van der Waals surface area contributed by atoms with Gasteiger partial charge in [-0.2, -0.15) is 8.62 Å². The number of rotatable bonds is 9. The Hall–Kier alpha value is -1.07. The number of aliphatic hydroxyl groups is 3. The minimum absolute atomic E-state index is 0.290. The van der Waals surface area contributed by atoms with Gasteiger partial charge in [0.25, 0.3) is 5.56 Å². The summed E-state index contributed by atoms with van der Waals surface area (Å²) in [7, 11) is -16.9. The maximum absolute atomic E-state index is 11.9. The number of aromatic amines is 1. The minimum atomic E-state index is -5.76. The molecule has 0 bridgehead atoms. The Morgan fingerprint density at radius 3 is 2.19 bits per heavy atom. The van der Waals surface area contributed by atoms with Crippen LogP contribution >= 0.6 is 23.5 Å². The molecule has 0 radical (unpaired) electrons. The van der Waals surface area contributed by atoms with Gasteiger partial charge >= 0.3 is 29.2 Å². The number of H-pyrrole nitrogens is 1. The van der Waals surface area contributed by atoms with Crippen LogP contribution in [0, 0.1) is 0 Å². The molecule has 1 aromatic heterocycles. The quantitative estimate of drug-likeness (QED) is 0.152. The van der Waals surface area contributed by atoms with Gasteiger partial charge in [0, 0.05) is 6.20 Å². The van der Waals surface area contributed by atoms with Crippen molar-refractivity contribution in [3.05, 3.63) is 32.6 Å². The molecule has 2 heterocycles. The van der Waals surface area contributed by atoms with E-state index >= 15 is 0 Å². The molecule has 6 atom stereocenters. The second-order valence-electron chi connectivity index (χ2n) is 5.91. The third kappa shape index (κ3) is 6.95. The highest BCUT2D eigenvalue weighted by atomic mass is 31.3. The third-order valence-electron chi connectivity index (χ3n) is 3.64. The van der Waals surface area contributed by atoms with Crippen molar-refractivity contribution in [3.8, 4) is 0 Å². The van der Waals surface area contributed by atoms with E-state index in [-0.39, 0.29) is 5.56 Å². The SMILES string of the molecule is O=c1[nH]c(=O)n([C@@H]2O[C@H](COP(=O)(O)OP(=O)(O)OP(=O)(O)O)[C@H](O)C2O)cc1CO. The van der Waals surface area contributed by atoms with Crippen LogP contribution in [0.5, 0.6) is 0 Å². The zero-order valence-electron chi connectivity index (χ0n) is 14.9. The van der Waals surface area contributed by atoms with Gasteiger partial charge in [-0.3, -0.25) is 18.9 Å². The number of nitrogens with zero attached hydrogens (tertiary/aromatic N) is 1. The fourth-order valence-electron chi connectivity index (χ4n) is 2.40. The second kappa shape index (κ2) is 9.43. The molecular weight excluding hydrogens is 497 g/mol. The normalized spacial score (nSPS) is 28.2. The van der Waals surface area contributed by atoms with E-state index in [0.29, 0.717) is 4.57 Å². The van der Waals surface area contributed by atoms with E-state index in [4.69, 9.17) is 24.5 Å². The van der Waals surface area contributed by atoms with Crippen LogP contribution in [-0.2, 0) is 38.2 Å². The van der Waals surface area contributed by atoms with Crippen molar-refractivity contribution in [2.24, 2.45) is 0 Å². The van der Waals surface area contributed by atoms with Gasteiger partial charge in [-0.1, -0.05) is 0 Å². The second-order valence-corrected chi connectivity index (χ2v) is 10.3.